The summed E-state index contributed by atoms with van der Waals surface area (Å²) in [5.74, 6) is -0.273. The van der Waals surface area contributed by atoms with Crippen LogP contribution in [0.5, 0.6) is 5.75 Å². The molecule has 0 amide bonds. The van der Waals surface area contributed by atoms with Crippen molar-refractivity contribution in [1.29, 1.82) is 0 Å². The van der Waals surface area contributed by atoms with Gasteiger partial charge in [-0.05, 0) is 72.4 Å². The highest BCUT2D eigenvalue weighted by atomic mass is 16.5. The van der Waals surface area contributed by atoms with Crippen LogP contribution in [-0.2, 0) is 22.6 Å². The van der Waals surface area contributed by atoms with E-state index in [0.717, 1.165) is 60.5 Å². The highest BCUT2D eigenvalue weighted by Gasteiger charge is 2.47. The molecule has 1 saturated heterocycles. The van der Waals surface area contributed by atoms with Crippen LogP contribution in [0.3, 0.4) is 0 Å². The Kier molecular flexibility index (Phi) is 6.50. The van der Waals surface area contributed by atoms with E-state index in [1.807, 2.05) is 31.2 Å². The van der Waals surface area contributed by atoms with E-state index in [1.165, 1.54) is 0 Å². The van der Waals surface area contributed by atoms with E-state index in [2.05, 4.69) is 41.3 Å². The highest BCUT2D eigenvalue weighted by molar-refractivity contribution is 5.72. The first kappa shape index (κ1) is 23.4. The van der Waals surface area contributed by atoms with E-state index in [4.69, 9.17) is 15.2 Å². The van der Waals surface area contributed by atoms with Gasteiger partial charge in [-0.2, -0.15) is 0 Å². The van der Waals surface area contributed by atoms with Crippen LogP contribution in [0.1, 0.15) is 42.5 Å². The maximum Gasteiger partial charge on any atom is 0.307 e. The summed E-state index contributed by atoms with van der Waals surface area (Å²) in [4.78, 5) is 13.7. The standard InChI is InChI=1S/C29H32N2O4/c1-20(30)22-6-4-7-23(15-22)25-13-21(18-34-27-8-3-2-5-24(27)17-28(32)33)14-26(16-25)31-11-12-35-29(19-31)9-10-29/h2-8,13-16,20H,9-12,17-19,30H2,1H3,(H,32,33). The molecule has 1 aliphatic carbocycles. The molecule has 2 aliphatic rings. The highest BCUT2D eigenvalue weighted by Crippen LogP contribution is 2.43. The number of carboxylic acids is 1. The number of hydrogen-bond donors (Lipinski definition) is 2. The zero-order valence-electron chi connectivity index (χ0n) is 20.1. The molecule has 5 rings (SSSR count). The Morgan fingerprint density at radius 2 is 1.94 bits per heavy atom. The summed E-state index contributed by atoms with van der Waals surface area (Å²) >= 11 is 0. The van der Waals surface area contributed by atoms with Crippen LogP contribution < -0.4 is 15.4 Å². The summed E-state index contributed by atoms with van der Waals surface area (Å²) in [6.45, 7) is 4.83. The van der Waals surface area contributed by atoms with Crippen molar-refractivity contribution in [3.8, 4) is 16.9 Å². The summed E-state index contributed by atoms with van der Waals surface area (Å²) in [5, 5.41) is 9.25. The number of aliphatic carboxylic acids is 1. The Labute approximate surface area is 206 Å². The van der Waals surface area contributed by atoms with Crippen molar-refractivity contribution in [2.45, 2.75) is 44.4 Å². The van der Waals surface area contributed by atoms with Gasteiger partial charge >= 0.3 is 5.97 Å². The van der Waals surface area contributed by atoms with Gasteiger partial charge in [0.15, 0.2) is 0 Å². The van der Waals surface area contributed by atoms with Gasteiger partial charge in [-0.3, -0.25) is 4.79 Å². The van der Waals surface area contributed by atoms with Crippen molar-refractivity contribution in [3.63, 3.8) is 0 Å². The molecule has 1 heterocycles. The average molecular weight is 473 g/mol. The largest absolute Gasteiger partial charge is 0.489 e. The second-order valence-electron chi connectivity index (χ2n) is 9.72. The molecule has 1 unspecified atom stereocenters. The molecule has 0 bridgehead atoms. The molecule has 6 heteroatoms. The van der Waals surface area contributed by atoms with E-state index in [0.29, 0.717) is 17.9 Å². The number of hydrogen-bond acceptors (Lipinski definition) is 5. The first-order chi connectivity index (χ1) is 16.9. The van der Waals surface area contributed by atoms with Crippen LogP contribution in [0.15, 0.2) is 66.7 Å². The molecule has 6 nitrogen and oxygen atoms in total. The van der Waals surface area contributed by atoms with E-state index in [1.54, 1.807) is 6.07 Å². The number of benzene rings is 3. The fraction of sp³-hybridized carbons (Fsp3) is 0.345. The number of para-hydroxylation sites is 1. The summed E-state index contributed by atoms with van der Waals surface area (Å²) in [6, 6.07) is 22.2. The molecule has 1 atom stereocenters. The maximum absolute atomic E-state index is 11.3. The average Bonchev–Trinajstić information content (AvgIpc) is 3.61. The quantitative estimate of drug-likeness (QED) is 0.483. The molecule has 182 valence electrons. The monoisotopic (exact) mass is 472 g/mol. The number of rotatable bonds is 8. The molecule has 35 heavy (non-hydrogen) atoms. The third-order valence-electron chi connectivity index (χ3n) is 6.85. The normalized spacial score (nSPS) is 17.3. The van der Waals surface area contributed by atoms with Crippen molar-refractivity contribution in [2.24, 2.45) is 5.73 Å². The fourth-order valence-corrected chi connectivity index (χ4v) is 4.73. The van der Waals surface area contributed by atoms with Crippen molar-refractivity contribution < 1.29 is 19.4 Å². The number of nitrogens with two attached hydrogens (primary N) is 1. The molecule has 0 aromatic heterocycles. The lowest BCUT2D eigenvalue weighted by molar-refractivity contribution is -0.136. The number of ether oxygens (including phenoxy) is 2. The molecule has 3 N–H and O–H groups in total. The first-order valence-electron chi connectivity index (χ1n) is 12.2. The van der Waals surface area contributed by atoms with Gasteiger partial charge in [0.1, 0.15) is 12.4 Å². The fourth-order valence-electron chi connectivity index (χ4n) is 4.73. The number of anilines is 1. The zero-order valence-corrected chi connectivity index (χ0v) is 20.1. The van der Waals surface area contributed by atoms with Gasteiger partial charge in [-0.25, -0.2) is 0 Å². The molecular weight excluding hydrogens is 440 g/mol. The zero-order chi connectivity index (χ0) is 24.4. The van der Waals surface area contributed by atoms with E-state index in [-0.39, 0.29) is 18.1 Å². The third-order valence-corrected chi connectivity index (χ3v) is 6.85. The van der Waals surface area contributed by atoms with Gasteiger partial charge in [0, 0.05) is 30.4 Å². The lowest BCUT2D eigenvalue weighted by atomic mass is 9.98. The number of carbonyl (C=O) groups is 1. The van der Waals surface area contributed by atoms with Crippen LogP contribution in [0.2, 0.25) is 0 Å². The summed E-state index contributed by atoms with van der Waals surface area (Å²) in [5.41, 5.74) is 12.3. The van der Waals surface area contributed by atoms with Crippen LogP contribution >= 0.6 is 0 Å². The predicted octanol–water partition coefficient (Wildman–Crippen LogP) is 4.95. The third kappa shape index (κ3) is 5.50. The van der Waals surface area contributed by atoms with Crippen molar-refractivity contribution in [1.82, 2.24) is 0 Å². The predicted molar refractivity (Wildman–Crippen MR) is 137 cm³/mol. The van der Waals surface area contributed by atoms with Crippen molar-refractivity contribution in [2.75, 3.05) is 24.6 Å². The SMILES string of the molecule is CC(N)c1cccc(-c2cc(COc3ccccc3CC(=O)O)cc(N3CCOC4(CC4)C3)c2)c1. The molecule has 3 aromatic rings. The lowest BCUT2D eigenvalue weighted by Crippen LogP contribution is -2.44. The van der Waals surface area contributed by atoms with Crippen molar-refractivity contribution in [3.05, 3.63) is 83.4 Å². The molecular formula is C29H32N2O4. The Bertz CT molecular complexity index is 1220. The minimum absolute atomic E-state index is 0.0234. The Balaban J connectivity index is 1.46. The smallest absolute Gasteiger partial charge is 0.307 e. The minimum Gasteiger partial charge on any atom is -0.489 e. The van der Waals surface area contributed by atoms with Gasteiger partial charge in [0.05, 0.1) is 18.6 Å². The lowest BCUT2D eigenvalue weighted by Gasteiger charge is -2.35. The van der Waals surface area contributed by atoms with Crippen LogP contribution in [0.25, 0.3) is 11.1 Å². The molecule has 1 saturated carbocycles. The molecule has 1 aliphatic heterocycles. The second kappa shape index (κ2) is 9.72. The molecule has 2 fully saturated rings. The summed E-state index contributed by atoms with van der Waals surface area (Å²) < 4.78 is 12.2. The van der Waals surface area contributed by atoms with Gasteiger partial charge in [0.25, 0.3) is 0 Å². The van der Waals surface area contributed by atoms with Crippen molar-refractivity contribution >= 4 is 11.7 Å². The van der Waals surface area contributed by atoms with Crippen LogP contribution in [-0.4, -0.2) is 36.4 Å². The summed E-state index contributed by atoms with van der Waals surface area (Å²) in [7, 11) is 0. The topological polar surface area (TPSA) is 85.0 Å². The Morgan fingerprint density at radius 1 is 1.11 bits per heavy atom. The molecule has 3 aromatic carbocycles. The van der Waals surface area contributed by atoms with Gasteiger partial charge in [-0.1, -0.05) is 36.4 Å². The van der Waals surface area contributed by atoms with Gasteiger partial charge < -0.3 is 25.2 Å². The number of carboxylic acid groups (broad SMARTS) is 1. The summed E-state index contributed by atoms with van der Waals surface area (Å²) in [6.07, 6.45) is 2.17. The van der Waals surface area contributed by atoms with Gasteiger partial charge in [-0.15, -0.1) is 0 Å². The molecule has 0 radical (unpaired) electrons. The van der Waals surface area contributed by atoms with E-state index in [9.17, 15) is 9.90 Å². The van der Waals surface area contributed by atoms with E-state index >= 15 is 0 Å². The van der Waals surface area contributed by atoms with E-state index < -0.39 is 5.97 Å². The van der Waals surface area contributed by atoms with Crippen LogP contribution in [0, 0.1) is 0 Å². The Morgan fingerprint density at radius 3 is 2.71 bits per heavy atom. The van der Waals surface area contributed by atoms with Crippen LogP contribution in [0.4, 0.5) is 5.69 Å². The van der Waals surface area contributed by atoms with Gasteiger partial charge in [0.2, 0.25) is 0 Å². The molecule has 1 spiro atoms. The number of morpholine rings is 1. The Hall–Kier alpha value is -3.35. The first-order valence-corrected chi connectivity index (χ1v) is 12.2. The minimum atomic E-state index is -0.874. The second-order valence-corrected chi connectivity index (χ2v) is 9.72. The number of nitrogens with zero attached hydrogens (tertiary/aromatic N) is 1. The maximum atomic E-state index is 11.3.